The number of H-pyrrole nitrogens is 1. The molecule has 0 spiro atoms. The van der Waals surface area contributed by atoms with Gasteiger partial charge in [0.15, 0.2) is 21.9 Å². The fraction of sp³-hybridized carbons (Fsp3) is 0.158. The van der Waals surface area contributed by atoms with E-state index in [0.717, 1.165) is 23.5 Å². The van der Waals surface area contributed by atoms with Crippen LogP contribution in [0.25, 0.3) is 11.2 Å². The number of imidazole rings is 1. The molecule has 0 saturated carbocycles. The Morgan fingerprint density at radius 2 is 2.12 bits per heavy atom. The number of carbonyl (C=O) groups excluding carboxylic acids is 2. The van der Waals surface area contributed by atoms with Crippen molar-refractivity contribution in [3.63, 3.8) is 0 Å². The number of aromatic nitrogens is 5. The maximum Gasteiger partial charge on any atom is 0.339 e. The average Bonchev–Trinajstić information content (AvgIpc) is 3.43. The number of nitrogens with one attached hydrogen (secondary N) is 2. The van der Waals surface area contributed by atoms with Gasteiger partial charge in [-0.05, 0) is 26.0 Å². The Kier molecular flexibility index (Phi) is 6.28. The third kappa shape index (κ3) is 4.96. The summed E-state index contributed by atoms with van der Waals surface area (Å²) in [5.41, 5.74) is 1.28. The second-order valence-corrected chi connectivity index (χ2v) is 8.80. The number of aryl methyl sites for hydroxylation is 1. The van der Waals surface area contributed by atoms with Gasteiger partial charge in [0, 0.05) is 17.1 Å². The summed E-state index contributed by atoms with van der Waals surface area (Å²) >= 11 is 2.50. The molecule has 12 nitrogen and oxygen atoms in total. The molecule has 0 aliphatic carbocycles. The number of anilines is 1. The van der Waals surface area contributed by atoms with Crippen molar-refractivity contribution in [3.8, 4) is 0 Å². The number of thiazole rings is 1. The van der Waals surface area contributed by atoms with Crippen molar-refractivity contribution in [1.82, 2.24) is 24.9 Å². The molecular weight excluding hydrogens is 470 g/mol. The molecule has 0 aliphatic rings. The van der Waals surface area contributed by atoms with Gasteiger partial charge in [0.2, 0.25) is 0 Å². The van der Waals surface area contributed by atoms with E-state index in [1.807, 2.05) is 12.3 Å². The topological polar surface area (TPSA) is 166 Å². The predicted molar refractivity (Wildman–Crippen MR) is 119 cm³/mol. The number of aromatic amines is 1. The molecule has 1 atom stereocenters. The third-order valence-corrected chi connectivity index (χ3v) is 6.43. The standard InChI is InChI=1S/C19H15N7O5S2/c1-9-6-32-19(24-9)33-13-4-3-11(5-12(13)26(29)30)18(28)31-10(2)17(27)25-16-14-15(21-7-20-14)22-8-23-16/h3-8,10H,1-2H3,(H2,20,21,22,23,25,27)/t10-/m0/s1. The van der Waals surface area contributed by atoms with Crippen LogP contribution in [-0.2, 0) is 9.53 Å². The van der Waals surface area contributed by atoms with Gasteiger partial charge in [0.05, 0.1) is 21.7 Å². The van der Waals surface area contributed by atoms with Crippen LogP contribution in [0.1, 0.15) is 23.0 Å². The lowest BCUT2D eigenvalue weighted by Gasteiger charge is -2.13. The lowest BCUT2D eigenvalue weighted by atomic mass is 10.2. The van der Waals surface area contributed by atoms with Crippen molar-refractivity contribution < 1.29 is 19.2 Å². The smallest absolute Gasteiger partial charge is 0.339 e. The molecular formula is C19H15N7O5S2. The fourth-order valence-electron chi connectivity index (χ4n) is 2.71. The van der Waals surface area contributed by atoms with Crippen molar-refractivity contribution >= 4 is 57.6 Å². The minimum absolute atomic E-state index is 0.0565. The highest BCUT2D eigenvalue weighted by Gasteiger charge is 2.24. The molecule has 0 saturated heterocycles. The van der Waals surface area contributed by atoms with Crippen molar-refractivity contribution in [3.05, 3.63) is 57.6 Å². The van der Waals surface area contributed by atoms with E-state index in [-0.39, 0.29) is 17.1 Å². The van der Waals surface area contributed by atoms with E-state index in [1.54, 1.807) is 0 Å². The lowest BCUT2D eigenvalue weighted by molar-refractivity contribution is -0.387. The number of hydrogen-bond donors (Lipinski definition) is 2. The van der Waals surface area contributed by atoms with Gasteiger partial charge < -0.3 is 15.0 Å². The van der Waals surface area contributed by atoms with Crippen LogP contribution < -0.4 is 5.32 Å². The van der Waals surface area contributed by atoms with Crippen molar-refractivity contribution in [2.24, 2.45) is 0 Å². The number of nitro groups is 1. The number of rotatable bonds is 7. The van der Waals surface area contributed by atoms with Crippen LogP contribution in [0.4, 0.5) is 11.5 Å². The predicted octanol–water partition coefficient (Wildman–Crippen LogP) is 3.36. The van der Waals surface area contributed by atoms with Crippen LogP contribution >= 0.6 is 23.1 Å². The van der Waals surface area contributed by atoms with Crippen LogP contribution in [0, 0.1) is 17.0 Å². The van der Waals surface area contributed by atoms with E-state index in [2.05, 4.69) is 30.2 Å². The molecule has 3 aromatic heterocycles. The number of carbonyl (C=O) groups is 2. The lowest BCUT2D eigenvalue weighted by Crippen LogP contribution is -2.30. The molecule has 1 aromatic carbocycles. The first-order valence-corrected chi connectivity index (χ1v) is 11.1. The summed E-state index contributed by atoms with van der Waals surface area (Å²) in [6.07, 6.45) is 1.45. The second kappa shape index (κ2) is 9.30. The quantitative estimate of drug-likeness (QED) is 0.225. The first-order valence-electron chi connectivity index (χ1n) is 9.36. The first-order chi connectivity index (χ1) is 15.8. The number of nitro benzene ring substituents is 1. The van der Waals surface area contributed by atoms with Gasteiger partial charge in [0.1, 0.15) is 11.8 Å². The van der Waals surface area contributed by atoms with Crippen LogP contribution in [-0.4, -0.2) is 47.8 Å². The Labute approximate surface area is 194 Å². The molecule has 33 heavy (non-hydrogen) atoms. The van der Waals surface area contributed by atoms with Crippen molar-refractivity contribution in [2.75, 3.05) is 5.32 Å². The van der Waals surface area contributed by atoms with E-state index in [1.165, 1.54) is 43.0 Å². The molecule has 0 bridgehead atoms. The monoisotopic (exact) mass is 485 g/mol. The summed E-state index contributed by atoms with van der Waals surface area (Å²) in [6, 6.07) is 3.98. The zero-order chi connectivity index (χ0) is 23.5. The molecule has 0 aliphatic heterocycles. The maximum absolute atomic E-state index is 12.5. The van der Waals surface area contributed by atoms with Gasteiger partial charge in [-0.3, -0.25) is 14.9 Å². The minimum atomic E-state index is -1.20. The summed E-state index contributed by atoms with van der Waals surface area (Å²) < 4.78 is 5.85. The summed E-state index contributed by atoms with van der Waals surface area (Å²) in [4.78, 5) is 55.3. The summed E-state index contributed by atoms with van der Waals surface area (Å²) in [5, 5.41) is 15.9. The number of nitrogens with zero attached hydrogens (tertiary/aromatic N) is 5. The number of esters is 1. The molecule has 4 aromatic rings. The van der Waals surface area contributed by atoms with Gasteiger partial charge in [-0.25, -0.2) is 24.7 Å². The number of ether oxygens (including phenoxy) is 1. The Hall–Kier alpha value is -3.91. The zero-order valence-corrected chi connectivity index (χ0v) is 18.8. The molecule has 3 heterocycles. The molecule has 0 unspecified atom stereocenters. The van der Waals surface area contributed by atoms with Gasteiger partial charge in [-0.1, -0.05) is 11.8 Å². The average molecular weight is 486 g/mol. The summed E-state index contributed by atoms with van der Waals surface area (Å²) in [7, 11) is 0. The number of amides is 1. The van der Waals surface area contributed by atoms with E-state index < -0.39 is 22.9 Å². The summed E-state index contributed by atoms with van der Waals surface area (Å²) in [5.74, 6) is -1.34. The Morgan fingerprint density at radius 3 is 2.85 bits per heavy atom. The largest absolute Gasteiger partial charge is 0.449 e. The van der Waals surface area contributed by atoms with Crippen LogP contribution in [0.15, 0.2) is 45.5 Å². The van der Waals surface area contributed by atoms with E-state index >= 15 is 0 Å². The van der Waals surface area contributed by atoms with E-state index in [0.29, 0.717) is 20.4 Å². The van der Waals surface area contributed by atoms with Crippen LogP contribution in [0.3, 0.4) is 0 Å². The van der Waals surface area contributed by atoms with Gasteiger partial charge >= 0.3 is 5.97 Å². The molecule has 4 rings (SSSR count). The van der Waals surface area contributed by atoms with Crippen molar-refractivity contribution in [2.45, 2.75) is 29.2 Å². The molecule has 168 valence electrons. The minimum Gasteiger partial charge on any atom is -0.449 e. The summed E-state index contributed by atoms with van der Waals surface area (Å²) in [6.45, 7) is 3.20. The number of fused-ring (bicyclic) bond motifs is 1. The van der Waals surface area contributed by atoms with Gasteiger partial charge in [0.25, 0.3) is 11.6 Å². The highest BCUT2D eigenvalue weighted by molar-refractivity contribution is 8.01. The van der Waals surface area contributed by atoms with Crippen LogP contribution in [0.2, 0.25) is 0 Å². The van der Waals surface area contributed by atoms with E-state index in [9.17, 15) is 19.7 Å². The van der Waals surface area contributed by atoms with Crippen LogP contribution in [0.5, 0.6) is 0 Å². The highest BCUT2D eigenvalue weighted by atomic mass is 32.2. The first kappa shape index (κ1) is 22.3. The SMILES string of the molecule is Cc1csc(Sc2ccc(C(=O)O[C@@H](C)C(=O)Nc3ncnc4nc[nH]c34)cc2[N+](=O)[O-])n1. The second-order valence-electron chi connectivity index (χ2n) is 6.66. The highest BCUT2D eigenvalue weighted by Crippen LogP contribution is 2.37. The molecule has 14 heteroatoms. The van der Waals surface area contributed by atoms with Gasteiger partial charge in [-0.2, -0.15) is 0 Å². The molecule has 0 radical (unpaired) electrons. The zero-order valence-electron chi connectivity index (χ0n) is 17.1. The number of benzene rings is 1. The third-order valence-electron chi connectivity index (χ3n) is 4.30. The normalized spacial score (nSPS) is 11.8. The Morgan fingerprint density at radius 1 is 1.30 bits per heavy atom. The van der Waals surface area contributed by atoms with Gasteiger partial charge in [-0.15, -0.1) is 11.3 Å². The molecule has 2 N–H and O–H groups in total. The maximum atomic E-state index is 12.5. The Bertz CT molecular complexity index is 1370. The van der Waals surface area contributed by atoms with E-state index in [4.69, 9.17) is 4.74 Å². The molecule has 1 amide bonds. The fourth-order valence-corrected chi connectivity index (χ4v) is 4.59. The number of hydrogen-bond acceptors (Lipinski definition) is 11. The van der Waals surface area contributed by atoms with Crippen molar-refractivity contribution in [1.29, 1.82) is 0 Å². The Balaban J connectivity index is 1.46. The molecule has 0 fully saturated rings.